The molecule has 1 aliphatic rings. The van der Waals surface area contributed by atoms with Crippen molar-refractivity contribution >= 4 is 40.6 Å². The summed E-state index contributed by atoms with van der Waals surface area (Å²) in [5.74, 6) is 0.713. The Labute approximate surface area is 195 Å². The van der Waals surface area contributed by atoms with Crippen molar-refractivity contribution in [1.82, 2.24) is 4.90 Å². The summed E-state index contributed by atoms with van der Waals surface area (Å²) in [4.78, 5) is 27.0. The molecule has 0 aliphatic carbocycles. The Kier molecular flexibility index (Phi) is 6.83. The van der Waals surface area contributed by atoms with E-state index in [1.54, 1.807) is 37.5 Å². The number of nitrogens with zero attached hydrogens (tertiary/aromatic N) is 1. The summed E-state index contributed by atoms with van der Waals surface area (Å²) in [5, 5.41) is 0.234. The molecular weight excluding hydrogens is 446 g/mol. The van der Waals surface area contributed by atoms with Crippen molar-refractivity contribution in [2.45, 2.75) is 13.2 Å². The van der Waals surface area contributed by atoms with Crippen molar-refractivity contribution < 1.29 is 19.1 Å². The summed E-state index contributed by atoms with van der Waals surface area (Å²) in [6.45, 7) is 0.510. The molecule has 3 aromatic rings. The summed E-state index contributed by atoms with van der Waals surface area (Å²) >= 11 is 6.93. The second-order valence-electron chi connectivity index (χ2n) is 7.05. The first kappa shape index (κ1) is 22.0. The fraction of sp³-hybridized carbons (Fsp3) is 0.120. The van der Waals surface area contributed by atoms with E-state index in [0.29, 0.717) is 33.6 Å². The molecule has 2 amide bonds. The third-order valence-electron chi connectivity index (χ3n) is 4.85. The largest absolute Gasteiger partial charge is 0.493 e. The highest BCUT2D eigenvalue weighted by Gasteiger charge is 2.35. The summed E-state index contributed by atoms with van der Waals surface area (Å²) in [7, 11) is 1.56. The van der Waals surface area contributed by atoms with Gasteiger partial charge in [-0.1, -0.05) is 66.2 Å². The number of ether oxygens (including phenoxy) is 2. The van der Waals surface area contributed by atoms with Crippen molar-refractivity contribution in [1.29, 1.82) is 0 Å². The Balaban J connectivity index is 1.59. The minimum absolute atomic E-state index is 0.165. The average molecular weight is 466 g/mol. The number of thioether (sulfide) groups is 1. The smallest absolute Gasteiger partial charge is 0.293 e. The molecule has 0 atom stereocenters. The van der Waals surface area contributed by atoms with Gasteiger partial charge in [0.25, 0.3) is 11.1 Å². The number of amides is 2. The van der Waals surface area contributed by atoms with Gasteiger partial charge in [-0.05, 0) is 47.2 Å². The van der Waals surface area contributed by atoms with Crippen molar-refractivity contribution in [3.05, 3.63) is 99.4 Å². The second-order valence-corrected chi connectivity index (χ2v) is 8.48. The number of para-hydroxylation sites is 1. The van der Waals surface area contributed by atoms with Gasteiger partial charge in [-0.3, -0.25) is 14.5 Å². The zero-order valence-electron chi connectivity index (χ0n) is 17.3. The van der Waals surface area contributed by atoms with Crippen LogP contribution in [0.2, 0.25) is 5.02 Å². The molecule has 1 saturated heterocycles. The lowest BCUT2D eigenvalue weighted by Crippen LogP contribution is -2.27. The van der Waals surface area contributed by atoms with Gasteiger partial charge in [-0.2, -0.15) is 0 Å². The zero-order chi connectivity index (χ0) is 22.5. The Bertz CT molecular complexity index is 1180. The molecule has 1 heterocycles. The van der Waals surface area contributed by atoms with Gasteiger partial charge < -0.3 is 9.47 Å². The van der Waals surface area contributed by atoms with Crippen molar-refractivity contribution in [2.75, 3.05) is 7.11 Å². The SMILES string of the molecule is COc1cccc(/C=C2\SC(=O)N(Cc3cccc(Cl)c3)C2=O)c1OCc1ccccc1. The normalized spacial score (nSPS) is 14.8. The molecule has 7 heteroatoms. The Morgan fingerprint density at radius 1 is 0.969 bits per heavy atom. The molecule has 5 nitrogen and oxygen atoms in total. The molecule has 162 valence electrons. The van der Waals surface area contributed by atoms with E-state index in [4.69, 9.17) is 21.1 Å². The van der Waals surface area contributed by atoms with Crippen LogP contribution in [0.3, 0.4) is 0 Å². The molecule has 1 fully saturated rings. The van der Waals surface area contributed by atoms with Crippen LogP contribution in [0.25, 0.3) is 6.08 Å². The van der Waals surface area contributed by atoms with Crippen molar-refractivity contribution in [3.8, 4) is 11.5 Å². The molecular formula is C25H20ClNO4S. The van der Waals surface area contributed by atoms with Gasteiger partial charge >= 0.3 is 0 Å². The molecule has 0 radical (unpaired) electrons. The van der Waals surface area contributed by atoms with E-state index in [1.807, 2.05) is 48.5 Å². The molecule has 0 saturated carbocycles. The monoisotopic (exact) mass is 465 g/mol. The number of rotatable bonds is 7. The average Bonchev–Trinajstić information content (AvgIpc) is 3.06. The molecule has 0 unspecified atom stereocenters. The van der Waals surface area contributed by atoms with Crippen molar-refractivity contribution in [3.63, 3.8) is 0 Å². The van der Waals surface area contributed by atoms with Gasteiger partial charge in [0.1, 0.15) is 6.61 Å². The number of imide groups is 1. The zero-order valence-corrected chi connectivity index (χ0v) is 18.9. The van der Waals surface area contributed by atoms with Gasteiger partial charge in [0.15, 0.2) is 11.5 Å². The van der Waals surface area contributed by atoms with Gasteiger partial charge in [0, 0.05) is 10.6 Å². The van der Waals surface area contributed by atoms with Gasteiger partial charge in [0.05, 0.1) is 18.6 Å². The summed E-state index contributed by atoms with van der Waals surface area (Å²) in [5.41, 5.74) is 2.45. The molecule has 3 aromatic carbocycles. The van der Waals surface area contributed by atoms with E-state index >= 15 is 0 Å². The number of carbonyl (C=O) groups is 2. The predicted octanol–water partition coefficient (Wildman–Crippen LogP) is 6.16. The van der Waals surface area contributed by atoms with Gasteiger partial charge in [-0.25, -0.2) is 0 Å². The number of methoxy groups -OCH3 is 1. The highest BCUT2D eigenvalue weighted by molar-refractivity contribution is 8.18. The van der Waals surface area contributed by atoms with Crippen LogP contribution in [0, 0.1) is 0 Å². The van der Waals surface area contributed by atoms with Crippen LogP contribution in [0.4, 0.5) is 4.79 Å². The highest BCUT2D eigenvalue weighted by atomic mass is 35.5. The predicted molar refractivity (Wildman–Crippen MR) is 127 cm³/mol. The Morgan fingerprint density at radius 3 is 2.47 bits per heavy atom. The van der Waals surface area contributed by atoms with E-state index in [1.165, 1.54) is 4.90 Å². The van der Waals surface area contributed by atoms with Gasteiger partial charge in [0.2, 0.25) is 0 Å². The summed E-state index contributed by atoms with van der Waals surface area (Å²) < 4.78 is 11.5. The highest BCUT2D eigenvalue weighted by Crippen LogP contribution is 2.38. The molecule has 32 heavy (non-hydrogen) atoms. The first-order chi connectivity index (χ1) is 15.5. The minimum Gasteiger partial charge on any atom is -0.493 e. The number of benzene rings is 3. The summed E-state index contributed by atoms with van der Waals surface area (Å²) in [6, 6.07) is 22.3. The molecule has 4 rings (SSSR count). The molecule has 0 aromatic heterocycles. The van der Waals surface area contributed by atoms with Crippen molar-refractivity contribution in [2.24, 2.45) is 0 Å². The second kappa shape index (κ2) is 9.94. The van der Waals surface area contributed by atoms with Gasteiger partial charge in [-0.15, -0.1) is 0 Å². The number of hydrogen-bond donors (Lipinski definition) is 0. The standard InChI is InChI=1S/C25H20ClNO4S/c1-30-21-12-6-10-19(23(21)31-16-17-7-3-2-4-8-17)14-22-24(28)27(25(29)32-22)15-18-9-5-11-20(26)13-18/h2-14H,15-16H2,1H3/b22-14-. The van der Waals surface area contributed by atoms with E-state index < -0.39 is 0 Å². The number of halogens is 1. The van der Waals surface area contributed by atoms with Crippen LogP contribution in [0.5, 0.6) is 11.5 Å². The third kappa shape index (κ3) is 4.98. The van der Waals surface area contributed by atoms with Crippen LogP contribution >= 0.6 is 23.4 Å². The molecule has 0 spiro atoms. The molecule has 0 bridgehead atoms. The third-order valence-corrected chi connectivity index (χ3v) is 5.99. The maximum atomic E-state index is 13.0. The lowest BCUT2D eigenvalue weighted by atomic mass is 10.1. The lowest BCUT2D eigenvalue weighted by molar-refractivity contribution is -0.123. The maximum Gasteiger partial charge on any atom is 0.293 e. The van der Waals surface area contributed by atoms with E-state index in [9.17, 15) is 9.59 Å². The Hall–Kier alpha value is -3.22. The minimum atomic E-state index is -0.350. The quantitative estimate of drug-likeness (QED) is 0.391. The van der Waals surface area contributed by atoms with E-state index in [2.05, 4.69) is 0 Å². The van der Waals surface area contributed by atoms with E-state index in [-0.39, 0.29) is 17.7 Å². The fourth-order valence-corrected chi connectivity index (χ4v) is 4.33. The number of hydrogen-bond acceptors (Lipinski definition) is 5. The lowest BCUT2D eigenvalue weighted by Gasteiger charge is -2.14. The first-order valence-corrected chi connectivity index (χ1v) is 11.1. The Morgan fingerprint density at radius 2 is 1.72 bits per heavy atom. The van der Waals surface area contributed by atoms with Crippen LogP contribution in [-0.2, 0) is 17.9 Å². The number of carbonyl (C=O) groups excluding carboxylic acids is 2. The van der Waals surface area contributed by atoms with Crippen LogP contribution < -0.4 is 9.47 Å². The van der Waals surface area contributed by atoms with E-state index in [0.717, 1.165) is 22.9 Å². The van der Waals surface area contributed by atoms with Crippen LogP contribution in [0.15, 0.2) is 77.7 Å². The fourth-order valence-electron chi connectivity index (χ4n) is 3.29. The van der Waals surface area contributed by atoms with Crippen LogP contribution in [0.1, 0.15) is 16.7 Å². The van der Waals surface area contributed by atoms with Crippen LogP contribution in [-0.4, -0.2) is 23.2 Å². The maximum absolute atomic E-state index is 13.0. The molecule has 1 aliphatic heterocycles. The first-order valence-electron chi connectivity index (χ1n) is 9.88. The topological polar surface area (TPSA) is 55.8 Å². The summed E-state index contributed by atoms with van der Waals surface area (Å²) in [6.07, 6.45) is 1.67. The molecule has 0 N–H and O–H groups in total.